The Morgan fingerprint density at radius 2 is 1.76 bits per heavy atom. The van der Waals surface area contributed by atoms with Gasteiger partial charge in [0.2, 0.25) is 0 Å². The van der Waals surface area contributed by atoms with Gasteiger partial charge in [-0.15, -0.1) is 0 Å². The minimum absolute atomic E-state index is 0.0286. The number of rotatable bonds is 6. The average molecular weight is 242 g/mol. The molecule has 0 heterocycles. The van der Waals surface area contributed by atoms with Gasteiger partial charge in [0.05, 0.1) is 0 Å². The van der Waals surface area contributed by atoms with Crippen LogP contribution < -0.4 is 0 Å². The van der Waals surface area contributed by atoms with E-state index in [1.807, 2.05) is 0 Å². The Morgan fingerprint density at radius 1 is 1.18 bits per heavy atom. The Hall–Kier alpha value is -0.960. The van der Waals surface area contributed by atoms with Crippen LogP contribution in [0, 0.1) is 5.92 Å². The number of aryl methyl sites for hydroxylation is 1. The van der Waals surface area contributed by atoms with Gasteiger partial charge in [-0.25, -0.2) is 8.78 Å². The summed E-state index contributed by atoms with van der Waals surface area (Å²) in [7, 11) is 0. The third-order valence-corrected chi connectivity index (χ3v) is 2.66. The highest BCUT2D eigenvalue weighted by atomic mass is 19.3. The second kappa shape index (κ2) is 6.10. The minimum atomic E-state index is -2.75. The average Bonchev–Trinajstić information content (AvgIpc) is 2.25. The standard InChI is InChI=1S/C14H20F2O/c1-11(2)10-14(15,16)13-7-5-12(6-8-13)4-3-9-17/h5-8,11,17H,3-4,9-10H2,1-2H3. The molecule has 0 radical (unpaired) electrons. The maximum Gasteiger partial charge on any atom is 0.273 e. The molecule has 0 aliphatic heterocycles. The molecule has 96 valence electrons. The molecule has 1 aromatic rings. The summed E-state index contributed by atoms with van der Waals surface area (Å²) in [6.45, 7) is 3.72. The first-order chi connectivity index (χ1) is 7.95. The van der Waals surface area contributed by atoms with Crippen LogP contribution in [0.15, 0.2) is 24.3 Å². The fourth-order valence-corrected chi connectivity index (χ4v) is 1.83. The van der Waals surface area contributed by atoms with E-state index >= 15 is 0 Å². The number of benzene rings is 1. The van der Waals surface area contributed by atoms with Gasteiger partial charge in [-0.1, -0.05) is 38.1 Å². The Bertz CT molecular complexity index is 331. The highest BCUT2D eigenvalue weighted by Crippen LogP contribution is 2.34. The molecule has 1 rings (SSSR count). The van der Waals surface area contributed by atoms with E-state index in [-0.39, 0.29) is 24.5 Å². The number of aliphatic hydroxyl groups excluding tert-OH is 1. The topological polar surface area (TPSA) is 20.2 Å². The van der Waals surface area contributed by atoms with Crippen molar-refractivity contribution < 1.29 is 13.9 Å². The van der Waals surface area contributed by atoms with Crippen molar-refractivity contribution in [1.29, 1.82) is 0 Å². The summed E-state index contributed by atoms with van der Waals surface area (Å²) in [5.74, 6) is -2.77. The molecule has 0 saturated carbocycles. The second-order valence-corrected chi connectivity index (χ2v) is 4.83. The molecule has 0 aliphatic rings. The first kappa shape index (κ1) is 14.1. The quantitative estimate of drug-likeness (QED) is 0.805. The van der Waals surface area contributed by atoms with Crippen LogP contribution in [0.25, 0.3) is 0 Å². The van der Waals surface area contributed by atoms with Crippen molar-refractivity contribution >= 4 is 0 Å². The fraction of sp³-hybridized carbons (Fsp3) is 0.571. The lowest BCUT2D eigenvalue weighted by Crippen LogP contribution is -2.16. The maximum absolute atomic E-state index is 13.8. The van der Waals surface area contributed by atoms with Gasteiger partial charge in [0.15, 0.2) is 0 Å². The molecule has 1 nitrogen and oxygen atoms in total. The molecule has 0 aromatic heterocycles. The highest BCUT2D eigenvalue weighted by molar-refractivity contribution is 5.26. The van der Waals surface area contributed by atoms with Gasteiger partial charge in [0.25, 0.3) is 5.92 Å². The van der Waals surface area contributed by atoms with Crippen molar-refractivity contribution in [3.63, 3.8) is 0 Å². The van der Waals surface area contributed by atoms with Crippen molar-refractivity contribution in [3.8, 4) is 0 Å². The van der Waals surface area contributed by atoms with Gasteiger partial charge in [-0.05, 0) is 24.3 Å². The minimum Gasteiger partial charge on any atom is -0.396 e. The third-order valence-electron chi connectivity index (χ3n) is 2.66. The van der Waals surface area contributed by atoms with Crippen molar-refractivity contribution in [1.82, 2.24) is 0 Å². The summed E-state index contributed by atoms with van der Waals surface area (Å²) in [5.41, 5.74) is 1.07. The fourth-order valence-electron chi connectivity index (χ4n) is 1.83. The van der Waals surface area contributed by atoms with Crippen LogP contribution in [-0.2, 0) is 12.3 Å². The molecule has 0 bridgehead atoms. The van der Waals surface area contributed by atoms with Crippen LogP contribution in [0.3, 0.4) is 0 Å². The number of alkyl halides is 2. The first-order valence-electron chi connectivity index (χ1n) is 6.04. The summed E-state index contributed by atoms with van der Waals surface area (Å²) in [5, 5.41) is 8.69. The van der Waals surface area contributed by atoms with Gasteiger partial charge in [-0.3, -0.25) is 0 Å². The van der Waals surface area contributed by atoms with E-state index in [0.29, 0.717) is 6.42 Å². The zero-order valence-electron chi connectivity index (χ0n) is 10.4. The first-order valence-corrected chi connectivity index (χ1v) is 6.04. The monoisotopic (exact) mass is 242 g/mol. The third kappa shape index (κ3) is 4.43. The number of hydrogen-bond acceptors (Lipinski definition) is 1. The molecule has 0 saturated heterocycles. The van der Waals surface area contributed by atoms with Gasteiger partial charge >= 0.3 is 0 Å². The van der Waals surface area contributed by atoms with E-state index < -0.39 is 5.92 Å². The Labute approximate surface area is 101 Å². The molecule has 0 atom stereocenters. The molecule has 0 amide bonds. The SMILES string of the molecule is CC(C)CC(F)(F)c1ccc(CCCO)cc1. The Morgan fingerprint density at radius 3 is 2.24 bits per heavy atom. The molecular formula is C14H20F2O. The van der Waals surface area contributed by atoms with Crippen molar-refractivity contribution in [2.24, 2.45) is 5.92 Å². The summed E-state index contributed by atoms with van der Waals surface area (Å²) in [6.07, 6.45) is 1.28. The Balaban J connectivity index is 2.72. The molecule has 0 aliphatic carbocycles. The van der Waals surface area contributed by atoms with Crippen LogP contribution in [0.5, 0.6) is 0 Å². The zero-order valence-corrected chi connectivity index (χ0v) is 10.4. The predicted octanol–water partition coefficient (Wildman–Crippen LogP) is 3.75. The molecule has 17 heavy (non-hydrogen) atoms. The Kier molecular flexibility index (Phi) is 5.06. The lowest BCUT2D eigenvalue weighted by atomic mass is 9.97. The molecule has 0 fully saturated rings. The van der Waals surface area contributed by atoms with Crippen LogP contribution in [0.4, 0.5) is 8.78 Å². The zero-order chi connectivity index (χ0) is 12.9. The maximum atomic E-state index is 13.8. The van der Waals surface area contributed by atoms with Crippen LogP contribution in [-0.4, -0.2) is 11.7 Å². The molecule has 1 aromatic carbocycles. The van der Waals surface area contributed by atoms with E-state index in [0.717, 1.165) is 12.0 Å². The van der Waals surface area contributed by atoms with Gasteiger partial charge in [0.1, 0.15) is 0 Å². The van der Waals surface area contributed by atoms with Crippen molar-refractivity contribution in [3.05, 3.63) is 35.4 Å². The lowest BCUT2D eigenvalue weighted by Gasteiger charge is -2.19. The van der Waals surface area contributed by atoms with E-state index in [1.54, 1.807) is 26.0 Å². The summed E-state index contributed by atoms with van der Waals surface area (Å²) in [4.78, 5) is 0. The van der Waals surface area contributed by atoms with Gasteiger partial charge in [0, 0.05) is 18.6 Å². The van der Waals surface area contributed by atoms with Crippen LogP contribution in [0.2, 0.25) is 0 Å². The van der Waals surface area contributed by atoms with Gasteiger partial charge < -0.3 is 5.11 Å². The smallest absolute Gasteiger partial charge is 0.273 e. The highest BCUT2D eigenvalue weighted by Gasteiger charge is 2.31. The van der Waals surface area contributed by atoms with E-state index in [1.165, 1.54) is 12.1 Å². The molecule has 1 N–H and O–H groups in total. The van der Waals surface area contributed by atoms with Crippen molar-refractivity contribution in [2.75, 3.05) is 6.61 Å². The molecule has 3 heteroatoms. The molecule has 0 unspecified atom stereocenters. The van der Waals surface area contributed by atoms with Crippen LogP contribution in [0.1, 0.15) is 37.8 Å². The number of hydrogen-bond donors (Lipinski definition) is 1. The van der Waals surface area contributed by atoms with E-state index in [4.69, 9.17) is 5.11 Å². The molecular weight excluding hydrogens is 222 g/mol. The summed E-state index contributed by atoms with van der Waals surface area (Å²) >= 11 is 0. The van der Waals surface area contributed by atoms with E-state index in [9.17, 15) is 8.78 Å². The van der Waals surface area contributed by atoms with Crippen LogP contribution >= 0.6 is 0 Å². The number of aliphatic hydroxyl groups is 1. The molecule has 0 spiro atoms. The predicted molar refractivity (Wildman–Crippen MR) is 65.2 cm³/mol. The summed E-state index contributed by atoms with van der Waals surface area (Å²) in [6, 6.07) is 6.43. The van der Waals surface area contributed by atoms with E-state index in [2.05, 4.69) is 0 Å². The van der Waals surface area contributed by atoms with Crippen molar-refractivity contribution in [2.45, 2.75) is 39.0 Å². The number of halogens is 2. The second-order valence-electron chi connectivity index (χ2n) is 4.83. The summed E-state index contributed by atoms with van der Waals surface area (Å²) < 4.78 is 27.5. The van der Waals surface area contributed by atoms with Gasteiger partial charge in [-0.2, -0.15) is 0 Å². The lowest BCUT2D eigenvalue weighted by molar-refractivity contribution is -0.0249. The normalized spacial score (nSPS) is 12.1. The largest absolute Gasteiger partial charge is 0.396 e.